The Morgan fingerprint density at radius 2 is 1.78 bits per heavy atom. The average molecular weight is 366 g/mol. The highest BCUT2D eigenvalue weighted by Gasteiger charge is 2.09. The number of ether oxygens (including phenoxy) is 1. The van der Waals surface area contributed by atoms with Gasteiger partial charge < -0.3 is 15.4 Å². The molecule has 3 rings (SSSR count). The third kappa shape index (κ3) is 5.33. The van der Waals surface area contributed by atoms with E-state index in [-0.39, 0.29) is 24.2 Å². The summed E-state index contributed by atoms with van der Waals surface area (Å²) in [5.41, 5.74) is 1.33. The first-order valence-corrected chi connectivity index (χ1v) is 7.96. The van der Waals surface area contributed by atoms with Gasteiger partial charge in [0.15, 0.2) is 6.61 Å². The largest absolute Gasteiger partial charge is 0.468 e. The van der Waals surface area contributed by atoms with Crippen molar-refractivity contribution >= 4 is 23.2 Å². The van der Waals surface area contributed by atoms with E-state index < -0.39 is 5.91 Å². The lowest BCUT2D eigenvalue weighted by Gasteiger charge is -2.08. The van der Waals surface area contributed by atoms with Crippen molar-refractivity contribution in [3.63, 3.8) is 0 Å². The van der Waals surface area contributed by atoms with Crippen LogP contribution in [0.4, 0.5) is 15.8 Å². The molecule has 0 aliphatic carbocycles. The fourth-order valence-electron chi connectivity index (χ4n) is 2.11. The molecule has 0 aliphatic heterocycles. The number of hydrogen-bond acceptors (Lipinski definition) is 5. The lowest BCUT2D eigenvalue weighted by atomic mass is 10.2. The smallest absolute Gasteiger partial charge is 0.262 e. The van der Waals surface area contributed by atoms with Gasteiger partial charge in [-0.1, -0.05) is 0 Å². The molecule has 0 aliphatic rings. The van der Waals surface area contributed by atoms with Crippen LogP contribution in [0.1, 0.15) is 10.4 Å². The summed E-state index contributed by atoms with van der Waals surface area (Å²) in [6.07, 6.45) is 4.45. The van der Waals surface area contributed by atoms with Gasteiger partial charge in [0, 0.05) is 24.1 Å². The van der Waals surface area contributed by atoms with Crippen molar-refractivity contribution in [1.82, 2.24) is 9.97 Å². The van der Waals surface area contributed by atoms with Gasteiger partial charge in [0.1, 0.15) is 5.82 Å². The number of aromatic nitrogens is 2. The van der Waals surface area contributed by atoms with Crippen LogP contribution in [0.25, 0.3) is 0 Å². The molecule has 0 saturated carbocycles. The molecule has 0 radical (unpaired) electrons. The highest BCUT2D eigenvalue weighted by atomic mass is 19.1. The fraction of sp³-hybridized carbons (Fsp3) is 0.0526. The predicted molar refractivity (Wildman–Crippen MR) is 97.0 cm³/mol. The number of nitrogens with one attached hydrogen (secondary N) is 2. The molecular weight excluding hydrogens is 351 g/mol. The molecule has 2 amide bonds. The molecule has 0 atom stereocenters. The van der Waals surface area contributed by atoms with E-state index in [0.29, 0.717) is 16.9 Å². The maximum atomic E-state index is 12.9. The quantitative estimate of drug-likeness (QED) is 0.700. The molecule has 0 saturated heterocycles. The van der Waals surface area contributed by atoms with Gasteiger partial charge in [-0.25, -0.2) is 9.37 Å². The zero-order valence-corrected chi connectivity index (χ0v) is 14.1. The van der Waals surface area contributed by atoms with Crippen LogP contribution < -0.4 is 15.4 Å². The standard InChI is InChI=1S/C19H15FN4O3/c20-14-4-6-15(7-5-14)24-19(26)13-3-8-18(22-10-13)27-12-17(25)23-16-2-1-9-21-11-16/h1-11H,12H2,(H,23,25)(H,24,26). The van der Waals surface area contributed by atoms with Crippen LogP contribution in [0.15, 0.2) is 67.1 Å². The van der Waals surface area contributed by atoms with Crippen molar-refractivity contribution in [2.45, 2.75) is 0 Å². The normalized spacial score (nSPS) is 10.1. The highest BCUT2D eigenvalue weighted by Crippen LogP contribution is 2.12. The number of benzene rings is 1. The number of anilines is 2. The van der Waals surface area contributed by atoms with Gasteiger partial charge in [0.2, 0.25) is 5.88 Å². The Bertz CT molecular complexity index is 916. The topological polar surface area (TPSA) is 93.2 Å². The van der Waals surface area contributed by atoms with E-state index in [1.54, 1.807) is 18.3 Å². The van der Waals surface area contributed by atoms with Gasteiger partial charge in [0.05, 0.1) is 17.4 Å². The molecule has 7 nitrogen and oxygen atoms in total. The molecular formula is C19H15FN4O3. The van der Waals surface area contributed by atoms with Crippen molar-refractivity contribution in [3.8, 4) is 5.88 Å². The summed E-state index contributed by atoms with van der Waals surface area (Å²) in [4.78, 5) is 31.8. The van der Waals surface area contributed by atoms with Gasteiger partial charge >= 0.3 is 0 Å². The van der Waals surface area contributed by atoms with E-state index in [0.717, 1.165) is 0 Å². The number of carbonyl (C=O) groups is 2. The first kappa shape index (κ1) is 18.0. The summed E-state index contributed by atoms with van der Waals surface area (Å²) in [6, 6.07) is 11.8. The lowest BCUT2D eigenvalue weighted by Crippen LogP contribution is -2.20. The highest BCUT2D eigenvalue weighted by molar-refractivity contribution is 6.04. The number of halogens is 1. The van der Waals surface area contributed by atoms with Gasteiger partial charge in [-0.15, -0.1) is 0 Å². The maximum absolute atomic E-state index is 12.9. The fourth-order valence-corrected chi connectivity index (χ4v) is 2.11. The van der Waals surface area contributed by atoms with E-state index in [1.165, 1.54) is 48.8 Å². The molecule has 2 aromatic heterocycles. The number of carbonyl (C=O) groups excluding carboxylic acids is 2. The molecule has 27 heavy (non-hydrogen) atoms. The summed E-state index contributed by atoms with van der Waals surface area (Å²) >= 11 is 0. The van der Waals surface area contributed by atoms with E-state index in [2.05, 4.69) is 20.6 Å². The second-order valence-corrected chi connectivity index (χ2v) is 5.42. The molecule has 3 aromatic rings. The van der Waals surface area contributed by atoms with Gasteiger partial charge in [-0.3, -0.25) is 14.6 Å². The molecule has 0 spiro atoms. The molecule has 136 valence electrons. The van der Waals surface area contributed by atoms with Gasteiger partial charge in [0.25, 0.3) is 11.8 Å². The molecule has 2 N–H and O–H groups in total. The zero-order chi connectivity index (χ0) is 19.1. The van der Waals surface area contributed by atoms with Crippen LogP contribution in [-0.2, 0) is 4.79 Å². The zero-order valence-electron chi connectivity index (χ0n) is 14.1. The van der Waals surface area contributed by atoms with E-state index in [4.69, 9.17) is 4.74 Å². The second-order valence-electron chi connectivity index (χ2n) is 5.42. The van der Waals surface area contributed by atoms with Crippen LogP contribution in [0, 0.1) is 5.82 Å². The van der Waals surface area contributed by atoms with Crippen LogP contribution in [-0.4, -0.2) is 28.4 Å². The third-order valence-electron chi connectivity index (χ3n) is 3.40. The Morgan fingerprint density at radius 1 is 0.963 bits per heavy atom. The maximum Gasteiger partial charge on any atom is 0.262 e. The van der Waals surface area contributed by atoms with Crippen molar-refractivity contribution in [2.75, 3.05) is 17.2 Å². The summed E-state index contributed by atoms with van der Waals surface area (Å²) in [5, 5.41) is 5.25. The summed E-state index contributed by atoms with van der Waals surface area (Å²) in [6.45, 7) is -0.233. The van der Waals surface area contributed by atoms with E-state index in [1.807, 2.05) is 0 Å². The first-order chi connectivity index (χ1) is 13.1. The third-order valence-corrected chi connectivity index (χ3v) is 3.40. The van der Waals surface area contributed by atoms with Crippen molar-refractivity contribution in [3.05, 3.63) is 78.5 Å². The minimum Gasteiger partial charge on any atom is -0.468 e. The molecule has 1 aromatic carbocycles. The van der Waals surface area contributed by atoms with Crippen LogP contribution in [0.3, 0.4) is 0 Å². The molecule has 2 heterocycles. The Kier molecular flexibility index (Phi) is 5.68. The minimum atomic E-state index is -0.394. The number of nitrogens with zero attached hydrogens (tertiary/aromatic N) is 2. The Morgan fingerprint density at radius 3 is 2.44 bits per heavy atom. The Balaban J connectivity index is 1.51. The predicted octanol–water partition coefficient (Wildman–Crippen LogP) is 2.89. The van der Waals surface area contributed by atoms with E-state index in [9.17, 15) is 14.0 Å². The monoisotopic (exact) mass is 366 g/mol. The lowest BCUT2D eigenvalue weighted by molar-refractivity contribution is -0.118. The van der Waals surface area contributed by atoms with Gasteiger partial charge in [-0.2, -0.15) is 0 Å². The van der Waals surface area contributed by atoms with Gasteiger partial charge in [-0.05, 0) is 42.5 Å². The SMILES string of the molecule is O=C(COc1ccc(C(=O)Nc2ccc(F)cc2)cn1)Nc1cccnc1. The minimum absolute atomic E-state index is 0.203. The summed E-state index contributed by atoms with van der Waals surface area (Å²) in [5.74, 6) is -0.934. The first-order valence-electron chi connectivity index (χ1n) is 7.96. The summed E-state index contributed by atoms with van der Waals surface area (Å²) < 4.78 is 18.2. The Hall–Kier alpha value is -3.81. The molecule has 0 unspecified atom stereocenters. The van der Waals surface area contributed by atoms with Crippen molar-refractivity contribution in [2.24, 2.45) is 0 Å². The number of pyridine rings is 2. The van der Waals surface area contributed by atoms with Crippen LogP contribution in [0.2, 0.25) is 0 Å². The number of amides is 2. The number of hydrogen-bond donors (Lipinski definition) is 2. The summed E-state index contributed by atoms with van der Waals surface area (Å²) in [7, 11) is 0. The number of rotatable bonds is 6. The average Bonchev–Trinajstić information content (AvgIpc) is 2.69. The Labute approximate surface area is 154 Å². The van der Waals surface area contributed by atoms with Crippen molar-refractivity contribution in [1.29, 1.82) is 0 Å². The van der Waals surface area contributed by atoms with E-state index >= 15 is 0 Å². The molecule has 0 bridgehead atoms. The van der Waals surface area contributed by atoms with Crippen molar-refractivity contribution < 1.29 is 18.7 Å². The van der Waals surface area contributed by atoms with Crippen LogP contribution >= 0.6 is 0 Å². The molecule has 0 fully saturated rings. The molecule has 8 heteroatoms. The van der Waals surface area contributed by atoms with Crippen LogP contribution in [0.5, 0.6) is 5.88 Å². The second kappa shape index (κ2) is 8.52.